The highest BCUT2D eigenvalue weighted by Gasteiger charge is 2.19. The Morgan fingerprint density at radius 2 is 2.00 bits per heavy atom. The molecule has 9 heteroatoms. The van der Waals surface area contributed by atoms with E-state index in [-0.39, 0.29) is 21.4 Å². The largest absolute Gasteiger partial charge is 0.383 e. The van der Waals surface area contributed by atoms with E-state index < -0.39 is 10.0 Å². The number of hydrogen-bond acceptors (Lipinski definition) is 4. The third-order valence-electron chi connectivity index (χ3n) is 2.09. The minimum atomic E-state index is -3.80. The van der Waals surface area contributed by atoms with E-state index in [9.17, 15) is 8.42 Å². The van der Waals surface area contributed by atoms with Crippen LogP contribution in [0.15, 0.2) is 29.3 Å². The maximum absolute atomic E-state index is 12.0. The number of H-pyrrole nitrogens is 1. The Bertz CT molecular complexity index is 684. The summed E-state index contributed by atoms with van der Waals surface area (Å²) in [5, 5.41) is 6.47. The number of sulfonamides is 1. The van der Waals surface area contributed by atoms with Crippen LogP contribution in [0, 0.1) is 0 Å². The molecule has 0 fully saturated rings. The molecule has 2 rings (SSSR count). The van der Waals surface area contributed by atoms with Gasteiger partial charge in [-0.05, 0) is 18.2 Å². The van der Waals surface area contributed by atoms with Gasteiger partial charge in [-0.15, -0.1) is 0 Å². The molecular weight excluding hydrogens is 299 g/mol. The van der Waals surface area contributed by atoms with Crippen LogP contribution in [0.5, 0.6) is 0 Å². The molecule has 0 amide bonds. The molecule has 0 unspecified atom stereocenters. The van der Waals surface area contributed by atoms with Crippen LogP contribution in [0.4, 0.5) is 11.5 Å². The fourth-order valence-corrected chi connectivity index (χ4v) is 2.64. The number of nitrogen functional groups attached to an aromatic ring is 1. The molecule has 1 aromatic heterocycles. The third-order valence-corrected chi connectivity index (χ3v) is 4.24. The fraction of sp³-hybridized carbons (Fsp3) is 0. The van der Waals surface area contributed by atoms with E-state index in [1.165, 1.54) is 18.2 Å². The first-order valence-electron chi connectivity index (χ1n) is 4.67. The first-order chi connectivity index (χ1) is 8.40. The first-order valence-corrected chi connectivity index (χ1v) is 6.91. The summed E-state index contributed by atoms with van der Waals surface area (Å²) in [6.07, 6.45) is 1.12. The Hall–Kier alpha value is -1.44. The molecule has 6 nitrogen and oxygen atoms in total. The molecule has 0 radical (unpaired) electrons. The molecule has 2 aromatic rings. The average Bonchev–Trinajstić information content (AvgIpc) is 2.70. The smallest absolute Gasteiger partial charge is 0.267 e. The summed E-state index contributed by atoms with van der Waals surface area (Å²) in [7, 11) is -3.80. The quantitative estimate of drug-likeness (QED) is 0.808. The molecule has 0 aliphatic rings. The van der Waals surface area contributed by atoms with Crippen molar-refractivity contribution in [3.8, 4) is 0 Å². The summed E-state index contributed by atoms with van der Waals surface area (Å²) in [6, 6.07) is 4.38. The van der Waals surface area contributed by atoms with Gasteiger partial charge in [0.2, 0.25) is 0 Å². The number of aromatic nitrogens is 2. The summed E-state index contributed by atoms with van der Waals surface area (Å²) in [5.74, 6) is -0.0393. The van der Waals surface area contributed by atoms with Crippen LogP contribution in [0.2, 0.25) is 10.0 Å². The fourth-order valence-electron chi connectivity index (χ4n) is 1.27. The van der Waals surface area contributed by atoms with Gasteiger partial charge in [0.1, 0.15) is 10.7 Å². The number of benzene rings is 1. The van der Waals surface area contributed by atoms with Crippen molar-refractivity contribution in [2.24, 2.45) is 0 Å². The maximum Gasteiger partial charge on any atom is 0.267 e. The van der Waals surface area contributed by atoms with Crippen LogP contribution in [-0.4, -0.2) is 18.6 Å². The van der Waals surface area contributed by atoms with Crippen LogP contribution < -0.4 is 10.5 Å². The predicted molar refractivity (Wildman–Crippen MR) is 70.3 cm³/mol. The molecule has 18 heavy (non-hydrogen) atoms. The SMILES string of the molecule is Nc1[nH]ncc1S(=O)(=O)Nc1ccc(Cl)c(Cl)c1. The van der Waals surface area contributed by atoms with Crippen molar-refractivity contribution in [3.63, 3.8) is 0 Å². The lowest BCUT2D eigenvalue weighted by Gasteiger charge is -2.07. The van der Waals surface area contributed by atoms with Gasteiger partial charge in [-0.2, -0.15) is 5.10 Å². The average molecular weight is 307 g/mol. The Morgan fingerprint density at radius 3 is 2.56 bits per heavy atom. The second-order valence-corrected chi connectivity index (χ2v) is 5.85. The number of halogens is 2. The van der Waals surface area contributed by atoms with Crippen molar-refractivity contribution in [3.05, 3.63) is 34.4 Å². The Labute approximate surface area is 113 Å². The molecule has 0 atom stereocenters. The van der Waals surface area contributed by atoms with E-state index in [4.69, 9.17) is 28.9 Å². The molecule has 0 aliphatic heterocycles. The molecule has 1 heterocycles. The molecule has 0 saturated carbocycles. The van der Waals surface area contributed by atoms with Crippen LogP contribution >= 0.6 is 23.2 Å². The van der Waals surface area contributed by atoms with E-state index in [1.54, 1.807) is 0 Å². The van der Waals surface area contributed by atoms with Gasteiger partial charge in [0, 0.05) is 0 Å². The summed E-state index contributed by atoms with van der Waals surface area (Å²) < 4.78 is 26.2. The molecule has 0 spiro atoms. The number of nitrogens with one attached hydrogen (secondary N) is 2. The monoisotopic (exact) mass is 306 g/mol. The van der Waals surface area contributed by atoms with Crippen LogP contribution in [-0.2, 0) is 10.0 Å². The van der Waals surface area contributed by atoms with Crippen LogP contribution in [0.25, 0.3) is 0 Å². The maximum atomic E-state index is 12.0. The van der Waals surface area contributed by atoms with Gasteiger partial charge in [0.05, 0.1) is 21.9 Å². The predicted octanol–water partition coefficient (Wildman–Crippen LogP) is 2.10. The van der Waals surface area contributed by atoms with E-state index in [2.05, 4.69) is 14.9 Å². The van der Waals surface area contributed by atoms with Gasteiger partial charge in [0.15, 0.2) is 0 Å². The topological polar surface area (TPSA) is 101 Å². The number of anilines is 2. The summed E-state index contributed by atoms with van der Waals surface area (Å²) in [5.41, 5.74) is 5.73. The molecule has 0 bridgehead atoms. The highest BCUT2D eigenvalue weighted by atomic mass is 35.5. The van der Waals surface area contributed by atoms with Gasteiger partial charge in [-0.3, -0.25) is 9.82 Å². The van der Waals surface area contributed by atoms with E-state index in [0.29, 0.717) is 5.02 Å². The van der Waals surface area contributed by atoms with E-state index >= 15 is 0 Å². The molecule has 96 valence electrons. The zero-order chi connectivity index (χ0) is 13.3. The van der Waals surface area contributed by atoms with Crippen molar-refractivity contribution >= 4 is 44.7 Å². The van der Waals surface area contributed by atoms with Gasteiger partial charge in [0.25, 0.3) is 10.0 Å². The Balaban J connectivity index is 2.34. The number of rotatable bonds is 3. The first kappa shape index (κ1) is 13.0. The van der Waals surface area contributed by atoms with Crippen LogP contribution in [0.3, 0.4) is 0 Å². The van der Waals surface area contributed by atoms with Gasteiger partial charge < -0.3 is 5.73 Å². The van der Waals surface area contributed by atoms with Crippen molar-refractivity contribution < 1.29 is 8.42 Å². The van der Waals surface area contributed by atoms with Gasteiger partial charge in [-0.25, -0.2) is 8.42 Å². The minimum Gasteiger partial charge on any atom is -0.383 e. The lowest BCUT2D eigenvalue weighted by Crippen LogP contribution is -2.13. The second kappa shape index (κ2) is 4.68. The van der Waals surface area contributed by atoms with Crippen molar-refractivity contribution in [2.45, 2.75) is 4.90 Å². The second-order valence-electron chi connectivity index (χ2n) is 3.38. The lowest BCUT2D eigenvalue weighted by molar-refractivity contribution is 0.601. The summed E-state index contributed by atoms with van der Waals surface area (Å²) in [6.45, 7) is 0. The zero-order valence-corrected chi connectivity index (χ0v) is 11.1. The highest BCUT2D eigenvalue weighted by molar-refractivity contribution is 7.92. The van der Waals surface area contributed by atoms with Gasteiger partial charge >= 0.3 is 0 Å². The van der Waals surface area contributed by atoms with E-state index in [1.807, 2.05) is 0 Å². The van der Waals surface area contributed by atoms with Crippen molar-refractivity contribution in [1.82, 2.24) is 10.2 Å². The molecular formula is C9H8Cl2N4O2S. The zero-order valence-electron chi connectivity index (χ0n) is 8.81. The van der Waals surface area contributed by atoms with Crippen molar-refractivity contribution in [1.29, 1.82) is 0 Å². The Kier molecular flexibility index (Phi) is 3.38. The summed E-state index contributed by atoms with van der Waals surface area (Å²) >= 11 is 11.5. The number of nitrogens with zero attached hydrogens (tertiary/aromatic N) is 1. The number of hydrogen-bond donors (Lipinski definition) is 3. The number of nitrogens with two attached hydrogens (primary N) is 1. The summed E-state index contributed by atoms with van der Waals surface area (Å²) in [4.78, 5) is -0.131. The highest BCUT2D eigenvalue weighted by Crippen LogP contribution is 2.27. The van der Waals surface area contributed by atoms with Gasteiger partial charge in [-0.1, -0.05) is 23.2 Å². The Morgan fingerprint density at radius 1 is 1.28 bits per heavy atom. The molecule has 0 saturated heterocycles. The standard InChI is InChI=1S/C9H8Cl2N4O2S/c10-6-2-1-5(3-7(6)11)15-18(16,17)8-4-13-14-9(8)12/h1-4,15H,(H3,12,13,14). The molecule has 4 N–H and O–H groups in total. The number of aromatic amines is 1. The normalized spacial score (nSPS) is 11.4. The van der Waals surface area contributed by atoms with E-state index in [0.717, 1.165) is 6.20 Å². The van der Waals surface area contributed by atoms with Crippen LogP contribution in [0.1, 0.15) is 0 Å². The molecule has 0 aliphatic carbocycles. The van der Waals surface area contributed by atoms with Crippen molar-refractivity contribution in [2.75, 3.05) is 10.5 Å². The minimum absolute atomic E-state index is 0.0393. The molecule has 1 aromatic carbocycles. The third kappa shape index (κ3) is 2.53. The lowest BCUT2D eigenvalue weighted by atomic mass is 10.3.